The Morgan fingerprint density at radius 3 is 1.15 bits per heavy atom. The van der Waals surface area contributed by atoms with Crippen LogP contribution in [0.3, 0.4) is 0 Å². The van der Waals surface area contributed by atoms with E-state index in [1.807, 2.05) is 50.2 Å². The first-order valence-electron chi connectivity index (χ1n) is 15.6. The maximum absolute atomic E-state index is 12.6. The van der Waals surface area contributed by atoms with Crippen molar-refractivity contribution in [3.05, 3.63) is 97.1 Å². The van der Waals surface area contributed by atoms with Crippen molar-refractivity contribution < 1.29 is 45.6 Å². The summed E-state index contributed by atoms with van der Waals surface area (Å²) in [4.78, 5) is 35.6. The number of esters is 2. The van der Waals surface area contributed by atoms with Crippen molar-refractivity contribution in [3.63, 3.8) is 0 Å². The van der Waals surface area contributed by atoms with Crippen molar-refractivity contribution in [2.45, 2.75) is 84.4 Å². The van der Waals surface area contributed by atoms with Crippen LogP contribution in [0, 0.1) is 0 Å². The quantitative estimate of drug-likeness (QED) is 0.364. The van der Waals surface area contributed by atoms with E-state index >= 15 is 0 Å². The largest absolute Gasteiger partial charge is 0.462 e. The Morgan fingerprint density at radius 2 is 0.854 bits per heavy atom. The van der Waals surface area contributed by atoms with Crippen LogP contribution in [0.1, 0.15) is 40.5 Å². The van der Waals surface area contributed by atoms with Crippen LogP contribution in [0.25, 0.3) is 0 Å². The summed E-state index contributed by atoms with van der Waals surface area (Å²) in [5.41, 5.74) is -4.25. The number of ether oxygens (including phenoxy) is 2. The molecule has 0 spiro atoms. The lowest BCUT2D eigenvalue weighted by atomic mass is 9.96. The van der Waals surface area contributed by atoms with Crippen LogP contribution < -0.4 is 0 Å². The van der Waals surface area contributed by atoms with Gasteiger partial charge in [-0.15, -0.1) is 0 Å². The third kappa shape index (κ3) is 6.91. The summed E-state index contributed by atoms with van der Waals surface area (Å²) in [5.74, 6) is -0.877. The van der Waals surface area contributed by atoms with Crippen LogP contribution in [0.2, 0.25) is 0 Å². The summed E-state index contributed by atoms with van der Waals surface area (Å²) < 4.78 is 60.8. The molecule has 4 aliphatic heterocycles. The number of hydroxylamine groups is 4. The second kappa shape index (κ2) is 14.1. The van der Waals surface area contributed by atoms with Crippen LogP contribution in [0.15, 0.2) is 107 Å². The first-order chi connectivity index (χ1) is 22.7. The molecule has 4 aliphatic rings. The average Bonchev–Trinajstić information content (AvgIpc) is 3.68. The fraction of sp³-hybridized carbons (Fsp3) is 0.412. The zero-order valence-electron chi connectivity index (χ0n) is 27.2. The highest BCUT2D eigenvalue weighted by Crippen LogP contribution is 2.42. The number of carbonyl (C=O) groups excluding carboxylic acids is 2. The highest BCUT2D eigenvalue weighted by Gasteiger charge is 2.59. The third-order valence-corrected chi connectivity index (χ3v) is 12.4. The number of fused-ring (bicyclic) bond motifs is 2. The molecule has 0 aliphatic carbocycles. The van der Waals surface area contributed by atoms with Crippen LogP contribution in [-0.4, -0.2) is 86.1 Å². The van der Waals surface area contributed by atoms with Crippen LogP contribution >= 0.6 is 0 Å². The molecule has 0 amide bonds. The fourth-order valence-corrected chi connectivity index (χ4v) is 9.18. The van der Waals surface area contributed by atoms with E-state index in [0.717, 1.165) is 0 Å². The van der Waals surface area contributed by atoms with Gasteiger partial charge in [-0.25, -0.2) is 26.4 Å². The second-order valence-corrected chi connectivity index (χ2v) is 16.6. The predicted molar refractivity (Wildman–Crippen MR) is 174 cm³/mol. The zero-order chi connectivity index (χ0) is 34.7. The van der Waals surface area contributed by atoms with Gasteiger partial charge in [-0.1, -0.05) is 72.8 Å². The first-order valence-corrected chi connectivity index (χ1v) is 18.6. The van der Waals surface area contributed by atoms with Crippen LogP contribution in [0.5, 0.6) is 0 Å². The summed E-state index contributed by atoms with van der Waals surface area (Å²) in [6, 6.07) is 27.9. The molecule has 0 bridgehead atoms. The number of benzene rings is 3. The number of cyclic esters (lactones) is 2. The molecule has 0 aromatic heterocycles. The van der Waals surface area contributed by atoms with Gasteiger partial charge in [-0.3, -0.25) is 9.68 Å². The Bertz CT molecular complexity index is 1650. The topological polar surface area (TPSA) is 146 Å². The standard InChI is InChI=1S/2C14H17NO5S.C6H6/c2*1-10-9-19-13(16)14(2)8-12(20-15(10)14)21(17,18)11-6-4-3-5-7-11;1-2-4-6-5-3-1/h2*3-7,10,12H,8-9H2,1-2H3;1-6H/t2*10-,12-,14-;/m10./s1. The van der Waals surface area contributed by atoms with E-state index in [9.17, 15) is 26.4 Å². The molecular formula is C34H40N2O10S2. The van der Waals surface area contributed by atoms with E-state index < -0.39 is 53.6 Å². The Labute approximate surface area is 281 Å². The Morgan fingerprint density at radius 1 is 0.562 bits per heavy atom. The number of sulfone groups is 2. The molecule has 4 saturated heterocycles. The van der Waals surface area contributed by atoms with E-state index in [-0.39, 0.29) is 47.9 Å². The molecule has 0 unspecified atom stereocenters. The van der Waals surface area contributed by atoms with E-state index in [1.54, 1.807) is 50.2 Å². The van der Waals surface area contributed by atoms with Gasteiger partial charge < -0.3 is 9.47 Å². The molecule has 12 nitrogen and oxygen atoms in total. The van der Waals surface area contributed by atoms with Crippen molar-refractivity contribution in [3.8, 4) is 0 Å². The van der Waals surface area contributed by atoms with Gasteiger partial charge in [-0.2, -0.15) is 10.1 Å². The van der Waals surface area contributed by atoms with Gasteiger partial charge in [0.1, 0.15) is 24.3 Å². The van der Waals surface area contributed by atoms with Gasteiger partial charge in [0.25, 0.3) is 0 Å². The molecule has 0 N–H and O–H groups in total. The minimum Gasteiger partial charge on any atom is -0.462 e. The highest BCUT2D eigenvalue weighted by atomic mass is 32.2. The minimum absolute atomic E-state index is 0.0629. The number of hydrogen-bond acceptors (Lipinski definition) is 12. The smallest absolute Gasteiger partial charge is 0.328 e. The number of carbonyl (C=O) groups is 2. The molecule has 14 heteroatoms. The summed E-state index contributed by atoms with van der Waals surface area (Å²) in [5, 5.41) is 2.95. The molecule has 0 radical (unpaired) electrons. The zero-order valence-corrected chi connectivity index (χ0v) is 28.8. The van der Waals surface area contributed by atoms with Crippen molar-refractivity contribution in [2.75, 3.05) is 13.2 Å². The number of nitrogens with zero attached hydrogens (tertiary/aromatic N) is 2. The van der Waals surface area contributed by atoms with E-state index in [0.29, 0.717) is 0 Å². The molecule has 4 fully saturated rings. The monoisotopic (exact) mass is 700 g/mol. The van der Waals surface area contributed by atoms with Crippen LogP contribution in [-0.2, 0) is 48.4 Å². The second-order valence-electron chi connectivity index (χ2n) is 12.4. The maximum Gasteiger partial charge on any atom is 0.328 e. The predicted octanol–water partition coefficient (Wildman–Crippen LogP) is 3.94. The number of morpholine rings is 2. The summed E-state index contributed by atoms with van der Waals surface area (Å²) in [6.45, 7) is 7.39. The van der Waals surface area contributed by atoms with Gasteiger partial charge >= 0.3 is 11.9 Å². The SMILES string of the molecule is C[C@@H]1COC(=O)[C@@]2(C)C[C@@H](S(=O)(=O)c3ccccc3)ON12.C[C@H]1COC(=O)[C@]2(C)C[C@H](S(=O)(=O)c3ccccc3)ON12.c1ccccc1. The molecular weight excluding hydrogens is 661 g/mol. The minimum atomic E-state index is -3.65. The first kappa shape index (κ1) is 35.6. The summed E-state index contributed by atoms with van der Waals surface area (Å²) in [7, 11) is -7.31. The van der Waals surface area contributed by atoms with Crippen LogP contribution in [0.4, 0.5) is 0 Å². The maximum atomic E-state index is 12.6. The molecule has 7 rings (SSSR count). The molecule has 0 saturated carbocycles. The lowest BCUT2D eigenvalue weighted by molar-refractivity contribution is -0.235. The molecule has 6 atom stereocenters. The molecule has 258 valence electrons. The van der Waals surface area contributed by atoms with Crippen molar-refractivity contribution in [2.24, 2.45) is 0 Å². The van der Waals surface area contributed by atoms with Gasteiger partial charge in [0.05, 0.1) is 21.9 Å². The average molecular weight is 701 g/mol. The van der Waals surface area contributed by atoms with Crippen molar-refractivity contribution >= 4 is 31.6 Å². The number of hydrogen-bond donors (Lipinski definition) is 0. The van der Waals surface area contributed by atoms with Gasteiger partial charge in [0.15, 0.2) is 10.9 Å². The van der Waals surface area contributed by atoms with Gasteiger partial charge in [-0.05, 0) is 52.0 Å². The van der Waals surface area contributed by atoms with E-state index in [1.165, 1.54) is 34.4 Å². The van der Waals surface area contributed by atoms with Crippen molar-refractivity contribution in [1.82, 2.24) is 10.1 Å². The van der Waals surface area contributed by atoms with Gasteiger partial charge in [0.2, 0.25) is 19.7 Å². The fourth-order valence-electron chi connectivity index (χ4n) is 6.00. The summed E-state index contributed by atoms with van der Waals surface area (Å²) >= 11 is 0. The number of rotatable bonds is 4. The van der Waals surface area contributed by atoms with Gasteiger partial charge in [0, 0.05) is 12.8 Å². The van der Waals surface area contributed by atoms with E-state index in [2.05, 4.69) is 0 Å². The van der Waals surface area contributed by atoms with Crippen molar-refractivity contribution in [1.29, 1.82) is 0 Å². The lowest BCUT2D eigenvalue weighted by Crippen LogP contribution is -2.57. The highest BCUT2D eigenvalue weighted by molar-refractivity contribution is 7.92. The Balaban J connectivity index is 0.000000160. The Hall–Kier alpha value is -3.66. The third-order valence-electron chi connectivity index (χ3n) is 8.66. The molecule has 48 heavy (non-hydrogen) atoms. The molecule has 3 aromatic rings. The molecule has 4 heterocycles. The van der Waals surface area contributed by atoms with E-state index in [4.69, 9.17) is 19.1 Å². The Kier molecular flexibility index (Phi) is 10.4. The lowest BCUT2D eigenvalue weighted by Gasteiger charge is -2.38. The summed E-state index contributed by atoms with van der Waals surface area (Å²) in [6.07, 6.45) is 0.126. The normalized spacial score (nSPS) is 30.3. The molecule has 3 aromatic carbocycles.